The maximum atomic E-state index is 10.0. The summed E-state index contributed by atoms with van der Waals surface area (Å²) in [6, 6.07) is 13.5. The van der Waals surface area contributed by atoms with E-state index in [1.807, 2.05) is 49.6 Å². The quantitative estimate of drug-likeness (QED) is 0.411. The van der Waals surface area contributed by atoms with Gasteiger partial charge in [0.2, 0.25) is 0 Å². The SMILES string of the molecule is CN=C(NCCc1ccccn1)N1CCN(c2ccccc2O)CC1.I. The second-order valence-corrected chi connectivity index (χ2v) is 6.01. The summed E-state index contributed by atoms with van der Waals surface area (Å²) in [4.78, 5) is 13.2. The van der Waals surface area contributed by atoms with Crippen LogP contribution in [0.15, 0.2) is 53.7 Å². The van der Waals surface area contributed by atoms with Crippen molar-refractivity contribution in [3.8, 4) is 5.75 Å². The Morgan fingerprint density at radius 2 is 1.85 bits per heavy atom. The number of rotatable bonds is 4. The number of phenols is 1. The zero-order valence-corrected chi connectivity index (χ0v) is 17.3. The summed E-state index contributed by atoms with van der Waals surface area (Å²) in [6.45, 7) is 4.27. The molecule has 0 unspecified atom stereocenters. The maximum Gasteiger partial charge on any atom is 0.193 e. The number of guanidine groups is 1. The van der Waals surface area contributed by atoms with Crippen LogP contribution in [0.25, 0.3) is 0 Å². The van der Waals surface area contributed by atoms with Gasteiger partial charge in [-0.3, -0.25) is 9.98 Å². The highest BCUT2D eigenvalue weighted by Gasteiger charge is 2.21. The third kappa shape index (κ3) is 5.23. The third-order valence-electron chi connectivity index (χ3n) is 4.40. The zero-order valence-electron chi connectivity index (χ0n) is 15.0. The van der Waals surface area contributed by atoms with Crippen LogP contribution < -0.4 is 10.2 Å². The molecule has 2 heterocycles. The number of anilines is 1. The number of nitrogens with zero attached hydrogens (tertiary/aromatic N) is 4. The summed E-state index contributed by atoms with van der Waals surface area (Å²) >= 11 is 0. The normalized spacial score (nSPS) is 14.7. The van der Waals surface area contributed by atoms with Gasteiger partial charge < -0.3 is 20.2 Å². The van der Waals surface area contributed by atoms with Gasteiger partial charge >= 0.3 is 0 Å². The number of halogens is 1. The van der Waals surface area contributed by atoms with Crippen molar-refractivity contribution >= 4 is 35.6 Å². The molecule has 0 aliphatic carbocycles. The second-order valence-electron chi connectivity index (χ2n) is 6.01. The van der Waals surface area contributed by atoms with Gasteiger partial charge in [-0.25, -0.2) is 0 Å². The molecule has 0 atom stereocenters. The van der Waals surface area contributed by atoms with E-state index in [0.717, 1.165) is 56.5 Å². The molecule has 1 fully saturated rings. The number of benzene rings is 1. The Balaban J connectivity index is 0.00000243. The summed E-state index contributed by atoms with van der Waals surface area (Å²) in [5.74, 6) is 1.27. The standard InChI is InChI=1S/C19H25N5O.HI/c1-20-19(22-11-9-16-6-4-5-10-21-16)24-14-12-23(13-15-24)17-7-2-3-8-18(17)25;/h2-8,10,25H,9,11-15H2,1H3,(H,20,22);1H. The van der Waals surface area contributed by atoms with Crippen molar-refractivity contribution in [2.45, 2.75) is 6.42 Å². The molecular formula is C19H26IN5O. The predicted octanol–water partition coefficient (Wildman–Crippen LogP) is 2.35. The molecule has 2 aromatic rings. The highest BCUT2D eigenvalue weighted by molar-refractivity contribution is 14.0. The molecule has 2 N–H and O–H groups in total. The van der Waals surface area contributed by atoms with Crippen molar-refractivity contribution in [1.82, 2.24) is 15.2 Å². The molecule has 1 saturated heterocycles. The molecule has 1 aliphatic rings. The predicted molar refractivity (Wildman–Crippen MR) is 117 cm³/mol. The van der Waals surface area contributed by atoms with Crippen LogP contribution in [-0.2, 0) is 6.42 Å². The maximum absolute atomic E-state index is 10.0. The first-order valence-electron chi connectivity index (χ1n) is 8.66. The van der Waals surface area contributed by atoms with Gasteiger partial charge in [0.25, 0.3) is 0 Å². The van der Waals surface area contributed by atoms with Crippen LogP contribution in [0.5, 0.6) is 5.75 Å². The molecule has 1 aromatic carbocycles. The van der Waals surface area contributed by atoms with Gasteiger partial charge in [-0.15, -0.1) is 24.0 Å². The van der Waals surface area contributed by atoms with Crippen molar-refractivity contribution in [3.63, 3.8) is 0 Å². The van der Waals surface area contributed by atoms with E-state index < -0.39 is 0 Å². The molecule has 0 radical (unpaired) electrons. The number of para-hydroxylation sites is 2. The number of aliphatic imine (C=N–C) groups is 1. The molecule has 7 heteroatoms. The van der Waals surface area contributed by atoms with Crippen LogP contribution in [0.2, 0.25) is 0 Å². The van der Waals surface area contributed by atoms with Crippen LogP contribution in [0.3, 0.4) is 0 Å². The van der Waals surface area contributed by atoms with Crippen molar-refractivity contribution < 1.29 is 5.11 Å². The number of piperazine rings is 1. The lowest BCUT2D eigenvalue weighted by Crippen LogP contribution is -2.52. The van der Waals surface area contributed by atoms with Gasteiger partial charge in [0, 0.05) is 58.1 Å². The first-order chi connectivity index (χ1) is 12.3. The third-order valence-corrected chi connectivity index (χ3v) is 4.40. The van der Waals surface area contributed by atoms with Crippen molar-refractivity contribution in [2.24, 2.45) is 4.99 Å². The minimum Gasteiger partial charge on any atom is -0.506 e. The summed E-state index contributed by atoms with van der Waals surface area (Å²) in [5.41, 5.74) is 1.98. The number of aromatic hydroxyl groups is 1. The first kappa shape index (κ1) is 20.3. The van der Waals surface area contributed by atoms with Gasteiger partial charge in [0.15, 0.2) is 5.96 Å². The summed E-state index contributed by atoms with van der Waals surface area (Å²) < 4.78 is 0. The Morgan fingerprint density at radius 3 is 2.50 bits per heavy atom. The average molecular weight is 467 g/mol. The fourth-order valence-electron chi connectivity index (χ4n) is 3.07. The molecule has 3 rings (SSSR count). The lowest BCUT2D eigenvalue weighted by molar-refractivity contribution is 0.370. The largest absolute Gasteiger partial charge is 0.506 e. The molecule has 0 bridgehead atoms. The average Bonchev–Trinajstić information content (AvgIpc) is 2.67. The number of hydrogen-bond acceptors (Lipinski definition) is 4. The van der Waals surface area contributed by atoms with Crippen molar-refractivity contribution in [2.75, 3.05) is 44.7 Å². The number of aromatic nitrogens is 1. The van der Waals surface area contributed by atoms with Crippen LogP contribution >= 0.6 is 24.0 Å². The van der Waals surface area contributed by atoms with Crippen LogP contribution in [0.4, 0.5) is 5.69 Å². The first-order valence-corrected chi connectivity index (χ1v) is 8.66. The highest BCUT2D eigenvalue weighted by atomic mass is 127. The Bertz CT molecular complexity index is 702. The molecule has 1 aromatic heterocycles. The Kier molecular flexibility index (Phi) is 7.96. The van der Waals surface area contributed by atoms with E-state index in [9.17, 15) is 5.11 Å². The molecule has 0 saturated carbocycles. The van der Waals surface area contributed by atoms with Gasteiger partial charge in [0.1, 0.15) is 5.75 Å². The Labute approximate surface area is 172 Å². The van der Waals surface area contributed by atoms with Crippen molar-refractivity contribution in [1.29, 1.82) is 0 Å². The lowest BCUT2D eigenvalue weighted by Gasteiger charge is -2.37. The van der Waals surface area contributed by atoms with E-state index in [2.05, 4.69) is 25.1 Å². The van der Waals surface area contributed by atoms with E-state index in [4.69, 9.17) is 0 Å². The van der Waals surface area contributed by atoms with E-state index in [-0.39, 0.29) is 24.0 Å². The number of hydrogen-bond donors (Lipinski definition) is 2. The number of pyridine rings is 1. The highest BCUT2D eigenvalue weighted by Crippen LogP contribution is 2.27. The van der Waals surface area contributed by atoms with E-state index in [0.29, 0.717) is 5.75 Å². The van der Waals surface area contributed by atoms with Gasteiger partial charge in [0.05, 0.1) is 5.69 Å². The molecular weight excluding hydrogens is 441 g/mol. The van der Waals surface area contributed by atoms with E-state index in [1.54, 1.807) is 6.07 Å². The molecule has 6 nitrogen and oxygen atoms in total. The van der Waals surface area contributed by atoms with Gasteiger partial charge in [-0.2, -0.15) is 0 Å². The molecule has 140 valence electrons. The van der Waals surface area contributed by atoms with Gasteiger partial charge in [-0.05, 0) is 24.3 Å². The number of phenolic OH excluding ortho intramolecular Hbond substituents is 1. The van der Waals surface area contributed by atoms with Crippen LogP contribution in [-0.4, -0.2) is 60.7 Å². The minimum atomic E-state index is 0. The van der Waals surface area contributed by atoms with Gasteiger partial charge in [-0.1, -0.05) is 18.2 Å². The number of nitrogens with one attached hydrogen (secondary N) is 1. The molecule has 26 heavy (non-hydrogen) atoms. The molecule has 0 spiro atoms. The smallest absolute Gasteiger partial charge is 0.193 e. The van der Waals surface area contributed by atoms with E-state index >= 15 is 0 Å². The molecule has 0 amide bonds. The fraction of sp³-hybridized carbons (Fsp3) is 0.368. The second kappa shape index (κ2) is 10.2. The topological polar surface area (TPSA) is 64.0 Å². The molecule has 1 aliphatic heterocycles. The summed E-state index contributed by atoms with van der Waals surface area (Å²) in [7, 11) is 1.82. The lowest BCUT2D eigenvalue weighted by atomic mass is 10.2. The fourth-order valence-corrected chi connectivity index (χ4v) is 3.07. The summed E-state index contributed by atoms with van der Waals surface area (Å²) in [5, 5.41) is 13.4. The minimum absolute atomic E-state index is 0. The summed E-state index contributed by atoms with van der Waals surface area (Å²) in [6.07, 6.45) is 2.69. The monoisotopic (exact) mass is 467 g/mol. The Morgan fingerprint density at radius 1 is 1.12 bits per heavy atom. The van der Waals surface area contributed by atoms with Crippen molar-refractivity contribution in [3.05, 3.63) is 54.4 Å². The zero-order chi connectivity index (χ0) is 17.5. The van der Waals surface area contributed by atoms with Crippen LogP contribution in [0.1, 0.15) is 5.69 Å². The van der Waals surface area contributed by atoms with Crippen LogP contribution in [0, 0.1) is 0 Å². The van der Waals surface area contributed by atoms with E-state index in [1.165, 1.54) is 0 Å². The Hall–Kier alpha value is -2.03.